The van der Waals surface area contributed by atoms with E-state index in [4.69, 9.17) is 4.74 Å². The summed E-state index contributed by atoms with van der Waals surface area (Å²) >= 11 is 1.65. The number of carbonyl (C=O) groups excluding carboxylic acids is 1. The van der Waals surface area contributed by atoms with Crippen LogP contribution < -0.4 is 10.1 Å². The van der Waals surface area contributed by atoms with Gasteiger partial charge in [-0.3, -0.25) is 4.79 Å². The quantitative estimate of drug-likeness (QED) is 0.940. The number of carbonyl (C=O) groups is 1. The highest BCUT2D eigenvalue weighted by Gasteiger charge is 2.28. The van der Waals surface area contributed by atoms with E-state index in [1.165, 1.54) is 16.0 Å². The Balaban J connectivity index is 1.67. The summed E-state index contributed by atoms with van der Waals surface area (Å²) in [6.45, 7) is 2.07. The van der Waals surface area contributed by atoms with Gasteiger partial charge in [0.05, 0.1) is 12.4 Å². The molecule has 0 saturated heterocycles. The average molecular weight is 299 g/mol. The van der Waals surface area contributed by atoms with Crippen LogP contribution in [-0.4, -0.2) is 18.3 Å². The minimum absolute atomic E-state index is 0.0519. The molecular formula is C17H17NO2S. The molecule has 1 amide bonds. The van der Waals surface area contributed by atoms with E-state index in [1.54, 1.807) is 18.9 Å². The third kappa shape index (κ3) is 3.05. The highest BCUT2D eigenvalue weighted by Crippen LogP contribution is 2.38. The fourth-order valence-electron chi connectivity index (χ4n) is 2.38. The normalized spacial score (nSPS) is 16.4. The Bertz CT molecular complexity index is 667. The number of anilines is 1. The Morgan fingerprint density at radius 2 is 2.00 bits per heavy atom. The smallest absolute Gasteiger partial charge is 0.238 e. The van der Waals surface area contributed by atoms with E-state index in [0.29, 0.717) is 0 Å². The predicted octanol–water partition coefficient (Wildman–Crippen LogP) is 3.66. The number of nitrogens with one attached hydrogen (secondary N) is 1. The first kappa shape index (κ1) is 14.0. The second-order valence-corrected chi connectivity index (χ2v) is 6.38. The predicted molar refractivity (Wildman–Crippen MR) is 86.2 cm³/mol. The number of benzene rings is 2. The summed E-state index contributed by atoms with van der Waals surface area (Å²) in [6.07, 6.45) is 0.794. The zero-order valence-electron chi connectivity index (χ0n) is 12.1. The van der Waals surface area contributed by atoms with Crippen LogP contribution in [0.1, 0.15) is 11.1 Å². The number of amides is 1. The van der Waals surface area contributed by atoms with Crippen LogP contribution in [0, 0.1) is 6.92 Å². The van der Waals surface area contributed by atoms with Crippen LogP contribution in [0.4, 0.5) is 5.69 Å². The van der Waals surface area contributed by atoms with Gasteiger partial charge in [-0.2, -0.15) is 0 Å². The second kappa shape index (κ2) is 5.82. The van der Waals surface area contributed by atoms with Gasteiger partial charge in [0.2, 0.25) is 5.91 Å². The van der Waals surface area contributed by atoms with Crippen LogP contribution in [0.2, 0.25) is 0 Å². The van der Waals surface area contributed by atoms with Gasteiger partial charge in [0.15, 0.2) is 0 Å². The maximum Gasteiger partial charge on any atom is 0.238 e. The lowest BCUT2D eigenvalue weighted by molar-refractivity contribution is -0.115. The molecule has 2 aromatic carbocycles. The average Bonchev–Trinajstić information content (AvgIpc) is 2.91. The van der Waals surface area contributed by atoms with Gasteiger partial charge in [0.25, 0.3) is 0 Å². The van der Waals surface area contributed by atoms with Gasteiger partial charge < -0.3 is 10.1 Å². The number of methoxy groups -OCH3 is 1. The Labute approximate surface area is 128 Å². The molecule has 4 heteroatoms. The zero-order valence-corrected chi connectivity index (χ0v) is 12.9. The van der Waals surface area contributed by atoms with E-state index < -0.39 is 0 Å². The van der Waals surface area contributed by atoms with Crippen molar-refractivity contribution >= 4 is 23.4 Å². The molecule has 21 heavy (non-hydrogen) atoms. The molecule has 0 unspecified atom stereocenters. The summed E-state index contributed by atoms with van der Waals surface area (Å²) in [5.74, 6) is 0.838. The van der Waals surface area contributed by atoms with Crippen molar-refractivity contribution in [2.75, 3.05) is 12.4 Å². The molecule has 0 fully saturated rings. The number of aryl methyl sites for hydroxylation is 1. The number of hydrogen-bond donors (Lipinski definition) is 1. The van der Waals surface area contributed by atoms with Gasteiger partial charge in [-0.05, 0) is 49.2 Å². The summed E-state index contributed by atoms with van der Waals surface area (Å²) in [7, 11) is 1.63. The number of rotatable bonds is 3. The van der Waals surface area contributed by atoms with Crippen molar-refractivity contribution in [2.45, 2.75) is 23.5 Å². The lowest BCUT2D eigenvalue weighted by Crippen LogP contribution is -2.24. The second-order valence-electron chi connectivity index (χ2n) is 5.14. The summed E-state index contributed by atoms with van der Waals surface area (Å²) in [4.78, 5) is 13.6. The first-order valence-corrected chi connectivity index (χ1v) is 7.75. The summed E-state index contributed by atoms with van der Waals surface area (Å²) in [5, 5.41) is 2.92. The van der Waals surface area contributed by atoms with E-state index >= 15 is 0 Å². The van der Waals surface area contributed by atoms with Gasteiger partial charge in [0.1, 0.15) is 5.75 Å². The Morgan fingerprint density at radius 1 is 1.24 bits per heavy atom. The molecule has 0 radical (unpaired) electrons. The van der Waals surface area contributed by atoms with Gasteiger partial charge in [-0.25, -0.2) is 0 Å². The van der Waals surface area contributed by atoms with Crippen LogP contribution in [0.3, 0.4) is 0 Å². The molecule has 1 N–H and O–H groups in total. The van der Waals surface area contributed by atoms with Crippen molar-refractivity contribution in [2.24, 2.45) is 0 Å². The van der Waals surface area contributed by atoms with Crippen molar-refractivity contribution in [3.63, 3.8) is 0 Å². The molecule has 1 aliphatic heterocycles. The molecule has 1 heterocycles. The molecule has 0 saturated carbocycles. The maximum absolute atomic E-state index is 12.4. The highest BCUT2D eigenvalue weighted by molar-refractivity contribution is 8.01. The van der Waals surface area contributed by atoms with E-state index in [-0.39, 0.29) is 11.2 Å². The number of fused-ring (bicyclic) bond motifs is 1. The first-order chi connectivity index (χ1) is 10.2. The van der Waals surface area contributed by atoms with Crippen molar-refractivity contribution in [3.8, 4) is 5.75 Å². The van der Waals surface area contributed by atoms with Gasteiger partial charge >= 0.3 is 0 Å². The molecule has 3 nitrogen and oxygen atoms in total. The summed E-state index contributed by atoms with van der Waals surface area (Å²) in [6, 6.07) is 13.8. The fraction of sp³-hybridized carbons (Fsp3) is 0.235. The lowest BCUT2D eigenvalue weighted by Gasteiger charge is -2.10. The molecule has 2 aromatic rings. The van der Waals surface area contributed by atoms with E-state index in [1.807, 2.05) is 24.3 Å². The Morgan fingerprint density at radius 3 is 2.71 bits per heavy atom. The van der Waals surface area contributed by atoms with Crippen LogP contribution >= 0.6 is 11.8 Å². The van der Waals surface area contributed by atoms with Crippen LogP contribution in [0.15, 0.2) is 47.4 Å². The largest absolute Gasteiger partial charge is 0.497 e. The SMILES string of the molecule is COc1ccc(NC(=O)[C@H]2Cc3ccc(C)cc3S2)cc1. The number of thioether (sulfide) groups is 1. The third-order valence-electron chi connectivity index (χ3n) is 3.55. The van der Waals surface area contributed by atoms with E-state index in [0.717, 1.165) is 17.9 Å². The minimum atomic E-state index is -0.0519. The molecule has 3 rings (SSSR count). The van der Waals surface area contributed by atoms with E-state index in [2.05, 4.69) is 30.4 Å². The van der Waals surface area contributed by atoms with Crippen molar-refractivity contribution in [1.82, 2.24) is 0 Å². The number of ether oxygens (including phenoxy) is 1. The van der Waals surface area contributed by atoms with Gasteiger partial charge in [0, 0.05) is 10.6 Å². The Kier molecular flexibility index (Phi) is 3.88. The van der Waals surface area contributed by atoms with Crippen LogP contribution in [0.25, 0.3) is 0 Å². The lowest BCUT2D eigenvalue weighted by atomic mass is 10.1. The zero-order chi connectivity index (χ0) is 14.8. The molecule has 108 valence electrons. The van der Waals surface area contributed by atoms with Crippen molar-refractivity contribution in [3.05, 3.63) is 53.6 Å². The molecule has 1 atom stereocenters. The van der Waals surface area contributed by atoms with Crippen molar-refractivity contribution in [1.29, 1.82) is 0 Å². The minimum Gasteiger partial charge on any atom is -0.497 e. The molecule has 0 aliphatic carbocycles. The van der Waals surface area contributed by atoms with E-state index in [9.17, 15) is 4.79 Å². The molecule has 0 bridgehead atoms. The highest BCUT2D eigenvalue weighted by atomic mass is 32.2. The van der Waals surface area contributed by atoms with Crippen LogP contribution in [0.5, 0.6) is 5.75 Å². The molecule has 0 spiro atoms. The van der Waals surface area contributed by atoms with Gasteiger partial charge in [-0.15, -0.1) is 11.8 Å². The number of hydrogen-bond acceptors (Lipinski definition) is 3. The summed E-state index contributed by atoms with van der Waals surface area (Å²) < 4.78 is 5.11. The first-order valence-electron chi connectivity index (χ1n) is 6.87. The standard InChI is InChI=1S/C17H17NO2S/c1-11-3-4-12-10-16(21-15(12)9-11)17(19)18-13-5-7-14(20-2)8-6-13/h3-9,16H,10H2,1-2H3,(H,18,19)/t16-/m1/s1. The molecular weight excluding hydrogens is 282 g/mol. The Hall–Kier alpha value is -1.94. The molecule has 1 aliphatic rings. The fourth-order valence-corrected chi connectivity index (χ4v) is 3.67. The summed E-state index contributed by atoms with van der Waals surface area (Å²) in [5.41, 5.74) is 3.30. The van der Waals surface area contributed by atoms with Crippen LogP contribution in [-0.2, 0) is 11.2 Å². The molecule has 0 aromatic heterocycles. The third-order valence-corrected chi connectivity index (χ3v) is 4.85. The maximum atomic E-state index is 12.4. The topological polar surface area (TPSA) is 38.3 Å². The van der Waals surface area contributed by atoms with Gasteiger partial charge in [-0.1, -0.05) is 17.7 Å². The van der Waals surface area contributed by atoms with Crippen molar-refractivity contribution < 1.29 is 9.53 Å². The monoisotopic (exact) mass is 299 g/mol.